The molecule has 0 unspecified atom stereocenters. The van der Waals surface area contributed by atoms with E-state index in [1.54, 1.807) is 12.1 Å². The van der Waals surface area contributed by atoms with Crippen molar-refractivity contribution < 1.29 is 4.79 Å². The molecular weight excluding hydrogens is 407 g/mol. The SMILES string of the molecule is NNC(=O)Cn1c(-c2ccccc2)nc2ccc(I)cc2c1=O. The zero-order valence-corrected chi connectivity index (χ0v) is 14.1. The number of hydrogen-bond acceptors (Lipinski definition) is 4. The Balaban J connectivity index is 2.32. The van der Waals surface area contributed by atoms with E-state index in [-0.39, 0.29) is 12.1 Å². The fraction of sp³-hybridized carbons (Fsp3) is 0.0625. The zero-order valence-electron chi connectivity index (χ0n) is 12.0. The molecule has 1 amide bonds. The Morgan fingerprint density at radius 3 is 2.65 bits per heavy atom. The molecule has 0 atom stereocenters. The van der Waals surface area contributed by atoms with E-state index in [1.807, 2.05) is 36.4 Å². The summed E-state index contributed by atoms with van der Waals surface area (Å²) >= 11 is 2.13. The number of hydrogen-bond donors (Lipinski definition) is 2. The second kappa shape index (κ2) is 6.47. The fourth-order valence-electron chi connectivity index (χ4n) is 2.34. The van der Waals surface area contributed by atoms with E-state index in [1.165, 1.54) is 4.57 Å². The third-order valence-electron chi connectivity index (χ3n) is 3.41. The lowest BCUT2D eigenvalue weighted by Gasteiger charge is -2.13. The Labute approximate surface area is 145 Å². The van der Waals surface area contributed by atoms with Gasteiger partial charge >= 0.3 is 0 Å². The van der Waals surface area contributed by atoms with Gasteiger partial charge in [-0.15, -0.1) is 0 Å². The van der Waals surface area contributed by atoms with Crippen LogP contribution in [-0.4, -0.2) is 15.5 Å². The molecule has 0 fully saturated rings. The Morgan fingerprint density at radius 2 is 1.96 bits per heavy atom. The average Bonchev–Trinajstić information content (AvgIpc) is 2.58. The lowest BCUT2D eigenvalue weighted by molar-refractivity contribution is -0.121. The Morgan fingerprint density at radius 1 is 1.22 bits per heavy atom. The number of rotatable bonds is 3. The summed E-state index contributed by atoms with van der Waals surface area (Å²) in [6, 6.07) is 14.7. The zero-order chi connectivity index (χ0) is 16.4. The highest BCUT2D eigenvalue weighted by Crippen LogP contribution is 2.19. The lowest BCUT2D eigenvalue weighted by Crippen LogP contribution is -2.37. The topological polar surface area (TPSA) is 90.0 Å². The summed E-state index contributed by atoms with van der Waals surface area (Å²) in [5.41, 5.74) is 3.14. The van der Waals surface area contributed by atoms with Crippen molar-refractivity contribution in [2.24, 2.45) is 5.84 Å². The largest absolute Gasteiger partial charge is 0.293 e. The molecule has 7 heteroatoms. The number of amides is 1. The molecule has 3 rings (SSSR count). The number of fused-ring (bicyclic) bond motifs is 1. The van der Waals surface area contributed by atoms with Gasteiger partial charge in [-0.1, -0.05) is 30.3 Å². The lowest BCUT2D eigenvalue weighted by atomic mass is 10.2. The monoisotopic (exact) mass is 420 g/mol. The molecule has 3 N–H and O–H groups in total. The third-order valence-corrected chi connectivity index (χ3v) is 4.08. The van der Waals surface area contributed by atoms with Crippen molar-refractivity contribution in [1.82, 2.24) is 15.0 Å². The summed E-state index contributed by atoms with van der Waals surface area (Å²) in [4.78, 5) is 29.1. The van der Waals surface area contributed by atoms with Crippen LogP contribution in [0, 0.1) is 3.57 Å². The maximum absolute atomic E-state index is 12.8. The standard InChI is InChI=1S/C16H13IN4O2/c17-11-6-7-13-12(8-11)16(23)21(9-14(22)20-18)15(19-13)10-4-2-1-3-5-10/h1-8H,9,18H2,(H,20,22). The molecule has 1 aromatic heterocycles. The van der Waals surface area contributed by atoms with Crippen molar-refractivity contribution in [1.29, 1.82) is 0 Å². The van der Waals surface area contributed by atoms with Gasteiger partial charge in [-0.05, 0) is 40.8 Å². The van der Waals surface area contributed by atoms with Gasteiger partial charge in [-0.2, -0.15) is 0 Å². The van der Waals surface area contributed by atoms with Crippen LogP contribution in [0.3, 0.4) is 0 Å². The number of hydrazine groups is 1. The number of benzene rings is 2. The summed E-state index contributed by atoms with van der Waals surface area (Å²) in [5, 5.41) is 0.474. The molecule has 0 saturated heterocycles. The predicted octanol–water partition coefficient (Wildman–Crippen LogP) is 1.66. The van der Waals surface area contributed by atoms with Crippen LogP contribution in [0.15, 0.2) is 53.3 Å². The first-order valence-electron chi connectivity index (χ1n) is 6.85. The molecular formula is C16H13IN4O2. The molecule has 0 aliphatic heterocycles. The quantitative estimate of drug-likeness (QED) is 0.292. The summed E-state index contributed by atoms with van der Waals surface area (Å²) < 4.78 is 2.27. The number of nitrogens with zero attached hydrogens (tertiary/aromatic N) is 2. The molecule has 0 aliphatic rings. The Hall–Kier alpha value is -2.26. The maximum atomic E-state index is 12.8. The van der Waals surface area contributed by atoms with Crippen molar-refractivity contribution >= 4 is 39.4 Å². The first-order chi connectivity index (χ1) is 11.1. The number of nitrogens with two attached hydrogens (primary N) is 1. The minimum atomic E-state index is -0.462. The van der Waals surface area contributed by atoms with Crippen molar-refractivity contribution in [3.8, 4) is 11.4 Å². The van der Waals surface area contributed by atoms with E-state index < -0.39 is 5.91 Å². The van der Waals surface area contributed by atoms with E-state index in [2.05, 4.69) is 33.0 Å². The first kappa shape index (κ1) is 15.6. The van der Waals surface area contributed by atoms with Crippen LogP contribution in [-0.2, 0) is 11.3 Å². The smallest absolute Gasteiger partial charge is 0.262 e. The van der Waals surface area contributed by atoms with Crippen LogP contribution in [0.1, 0.15) is 0 Å². The van der Waals surface area contributed by atoms with Gasteiger partial charge in [0.05, 0.1) is 10.9 Å². The predicted molar refractivity (Wildman–Crippen MR) is 96.5 cm³/mol. The van der Waals surface area contributed by atoms with E-state index in [0.29, 0.717) is 16.7 Å². The highest BCUT2D eigenvalue weighted by Gasteiger charge is 2.15. The molecule has 0 spiro atoms. The minimum Gasteiger partial charge on any atom is -0.293 e. The van der Waals surface area contributed by atoms with Crippen molar-refractivity contribution in [3.05, 3.63) is 62.5 Å². The van der Waals surface area contributed by atoms with Gasteiger partial charge in [0.2, 0.25) is 0 Å². The van der Waals surface area contributed by atoms with Crippen molar-refractivity contribution in [3.63, 3.8) is 0 Å². The normalized spacial score (nSPS) is 10.7. The molecule has 6 nitrogen and oxygen atoms in total. The van der Waals surface area contributed by atoms with Crippen LogP contribution in [0.25, 0.3) is 22.3 Å². The number of nitrogens with one attached hydrogen (secondary N) is 1. The number of aromatic nitrogens is 2. The summed E-state index contributed by atoms with van der Waals surface area (Å²) in [5.74, 6) is 5.13. The van der Waals surface area contributed by atoms with Crippen molar-refractivity contribution in [2.45, 2.75) is 6.54 Å². The van der Waals surface area contributed by atoms with Crippen LogP contribution < -0.4 is 16.8 Å². The third kappa shape index (κ3) is 3.10. The Bertz CT molecular complexity index is 938. The first-order valence-corrected chi connectivity index (χ1v) is 7.93. The van der Waals surface area contributed by atoms with Gasteiger partial charge in [0.1, 0.15) is 12.4 Å². The highest BCUT2D eigenvalue weighted by atomic mass is 127. The average molecular weight is 420 g/mol. The van der Waals surface area contributed by atoms with Crippen LogP contribution in [0.2, 0.25) is 0 Å². The molecule has 1 heterocycles. The molecule has 0 radical (unpaired) electrons. The van der Waals surface area contributed by atoms with Gasteiger partial charge in [-0.3, -0.25) is 19.6 Å². The summed E-state index contributed by atoms with van der Waals surface area (Å²) in [7, 11) is 0. The van der Waals surface area contributed by atoms with Crippen LogP contribution in [0.4, 0.5) is 0 Å². The van der Waals surface area contributed by atoms with Crippen LogP contribution in [0.5, 0.6) is 0 Å². The highest BCUT2D eigenvalue weighted by molar-refractivity contribution is 14.1. The van der Waals surface area contributed by atoms with Gasteiger partial charge in [0.15, 0.2) is 0 Å². The second-order valence-electron chi connectivity index (χ2n) is 4.92. The second-order valence-corrected chi connectivity index (χ2v) is 6.17. The van der Waals surface area contributed by atoms with E-state index in [9.17, 15) is 9.59 Å². The maximum Gasteiger partial charge on any atom is 0.262 e. The molecule has 23 heavy (non-hydrogen) atoms. The summed E-state index contributed by atoms with van der Waals surface area (Å²) in [6.45, 7) is -0.187. The van der Waals surface area contributed by atoms with Gasteiger partial charge in [0, 0.05) is 9.13 Å². The summed E-state index contributed by atoms with van der Waals surface area (Å²) in [6.07, 6.45) is 0. The molecule has 2 aromatic carbocycles. The molecule has 0 bridgehead atoms. The fourth-order valence-corrected chi connectivity index (χ4v) is 2.83. The van der Waals surface area contributed by atoms with E-state index >= 15 is 0 Å². The Kier molecular flexibility index (Phi) is 4.39. The molecule has 3 aromatic rings. The number of carbonyl (C=O) groups excluding carboxylic acids is 1. The molecule has 0 saturated carbocycles. The van der Waals surface area contributed by atoms with E-state index in [4.69, 9.17) is 5.84 Å². The van der Waals surface area contributed by atoms with E-state index in [0.717, 1.165) is 9.13 Å². The van der Waals surface area contributed by atoms with Gasteiger partial charge < -0.3 is 0 Å². The van der Waals surface area contributed by atoms with Gasteiger partial charge in [-0.25, -0.2) is 10.8 Å². The van der Waals surface area contributed by atoms with Crippen molar-refractivity contribution in [2.75, 3.05) is 0 Å². The number of halogens is 1. The minimum absolute atomic E-state index is 0.187. The number of carbonyl (C=O) groups is 1. The van der Waals surface area contributed by atoms with Crippen LogP contribution >= 0.6 is 22.6 Å². The molecule has 116 valence electrons. The van der Waals surface area contributed by atoms with Gasteiger partial charge in [0.25, 0.3) is 11.5 Å². The molecule has 0 aliphatic carbocycles.